The van der Waals surface area contributed by atoms with Crippen LogP contribution >= 0.6 is 0 Å². The largest absolute Gasteiger partial charge is 0.495 e. The van der Waals surface area contributed by atoms with Gasteiger partial charge in [0, 0.05) is 42.5 Å². The Morgan fingerprint density at radius 2 is 1.71 bits per heavy atom. The number of nitrogens with zero attached hydrogens (tertiary/aromatic N) is 1. The summed E-state index contributed by atoms with van der Waals surface area (Å²) in [5.74, 6) is 1.12. The maximum Gasteiger partial charge on any atom is 0.305 e. The predicted molar refractivity (Wildman–Crippen MR) is 153 cm³/mol. The molecule has 3 aromatic rings. The van der Waals surface area contributed by atoms with E-state index in [0.717, 1.165) is 29.9 Å². The molecule has 0 saturated carbocycles. The van der Waals surface area contributed by atoms with E-state index in [1.165, 1.54) is 11.1 Å². The third-order valence-electron chi connectivity index (χ3n) is 6.77. The fourth-order valence-electron chi connectivity index (χ4n) is 4.82. The van der Waals surface area contributed by atoms with Gasteiger partial charge in [-0.15, -0.1) is 0 Å². The number of anilines is 1. The number of esters is 1. The van der Waals surface area contributed by atoms with Crippen molar-refractivity contribution in [1.29, 1.82) is 0 Å². The maximum atomic E-state index is 13.7. The van der Waals surface area contributed by atoms with E-state index in [4.69, 9.17) is 9.47 Å². The van der Waals surface area contributed by atoms with Gasteiger partial charge in [-0.2, -0.15) is 0 Å². The Kier molecular flexibility index (Phi) is 10.6. The zero-order chi connectivity index (χ0) is 27.7. The summed E-state index contributed by atoms with van der Waals surface area (Å²) in [4.78, 5) is 25.4. The average molecular weight is 519 g/mol. The van der Waals surface area contributed by atoms with E-state index in [0.29, 0.717) is 55.2 Å². The van der Waals surface area contributed by atoms with Gasteiger partial charge in [-0.3, -0.25) is 9.59 Å². The summed E-state index contributed by atoms with van der Waals surface area (Å²) < 4.78 is 12.7. The van der Waals surface area contributed by atoms with E-state index in [2.05, 4.69) is 54.9 Å². The summed E-state index contributed by atoms with van der Waals surface area (Å²) in [7, 11) is 3.63. The Morgan fingerprint density at radius 1 is 1.00 bits per heavy atom. The molecule has 0 aliphatic heterocycles. The van der Waals surface area contributed by atoms with Crippen molar-refractivity contribution in [3.05, 3.63) is 82.2 Å². The fraction of sp³-hybridized carbons (Fsp3) is 0.438. The first-order valence-electron chi connectivity index (χ1n) is 13.6. The van der Waals surface area contributed by atoms with Crippen LogP contribution in [0, 0.1) is 5.92 Å². The molecule has 0 aliphatic carbocycles. The van der Waals surface area contributed by atoms with Gasteiger partial charge in [-0.1, -0.05) is 45.0 Å². The number of hydrogen-bond donors (Lipinski definition) is 1. The van der Waals surface area contributed by atoms with Crippen molar-refractivity contribution in [2.24, 2.45) is 13.0 Å². The number of carbonyl (C=O) groups excluding carboxylic acids is 2. The van der Waals surface area contributed by atoms with E-state index in [1.807, 2.05) is 38.2 Å². The molecule has 38 heavy (non-hydrogen) atoms. The first-order valence-corrected chi connectivity index (χ1v) is 13.6. The highest BCUT2D eigenvalue weighted by Crippen LogP contribution is 2.29. The van der Waals surface area contributed by atoms with E-state index in [9.17, 15) is 9.59 Å². The number of ether oxygens (including phenoxy) is 2. The summed E-state index contributed by atoms with van der Waals surface area (Å²) in [5.41, 5.74) is 6.64. The average Bonchev–Trinajstić information content (AvgIpc) is 3.22. The number of benzene rings is 2. The molecule has 0 aliphatic rings. The quantitative estimate of drug-likeness (QED) is 0.194. The van der Waals surface area contributed by atoms with Crippen molar-refractivity contribution in [3.63, 3.8) is 0 Å². The normalized spacial score (nSPS) is 11.0. The van der Waals surface area contributed by atoms with E-state index < -0.39 is 0 Å². The molecular weight excluding hydrogens is 476 g/mol. The van der Waals surface area contributed by atoms with E-state index in [1.54, 1.807) is 7.11 Å². The van der Waals surface area contributed by atoms with Crippen LogP contribution in [0.3, 0.4) is 0 Å². The number of nitrogens with one attached hydrogen (secondary N) is 1. The standard InChI is InChI=1S/C32H42N2O4/c1-7-29-27(20-26(34(29)5)10-9-11-31(35)38-8-2)32(36)25-16-17-30(37-6)28(19-25)33-21-24-14-12-23(13-15-24)18-22(3)4/h12-17,19-20,22,33H,7-11,18,21H2,1-6H3. The molecule has 6 nitrogen and oxygen atoms in total. The highest BCUT2D eigenvalue weighted by molar-refractivity contribution is 6.10. The lowest BCUT2D eigenvalue weighted by molar-refractivity contribution is -0.143. The van der Waals surface area contributed by atoms with Gasteiger partial charge in [-0.05, 0) is 73.9 Å². The second kappa shape index (κ2) is 13.8. The van der Waals surface area contributed by atoms with Gasteiger partial charge in [-0.25, -0.2) is 0 Å². The number of aryl methyl sites for hydroxylation is 1. The summed E-state index contributed by atoms with van der Waals surface area (Å²) in [6.07, 6.45) is 3.57. The Morgan fingerprint density at radius 3 is 2.34 bits per heavy atom. The molecule has 0 unspecified atom stereocenters. The number of rotatable bonds is 14. The smallest absolute Gasteiger partial charge is 0.305 e. The van der Waals surface area contributed by atoms with Crippen LogP contribution < -0.4 is 10.1 Å². The minimum absolute atomic E-state index is 0.0159. The van der Waals surface area contributed by atoms with Gasteiger partial charge < -0.3 is 19.4 Å². The summed E-state index contributed by atoms with van der Waals surface area (Å²) in [6, 6.07) is 16.2. The summed E-state index contributed by atoms with van der Waals surface area (Å²) >= 11 is 0. The highest BCUT2D eigenvalue weighted by atomic mass is 16.5. The van der Waals surface area contributed by atoms with Crippen LogP contribution in [0.5, 0.6) is 5.75 Å². The molecule has 204 valence electrons. The van der Waals surface area contributed by atoms with Gasteiger partial charge >= 0.3 is 5.97 Å². The van der Waals surface area contributed by atoms with Crippen LogP contribution in [0.25, 0.3) is 0 Å². The Hall–Kier alpha value is -3.54. The Labute approximate surface area is 227 Å². The molecule has 6 heteroatoms. The van der Waals surface area contributed by atoms with Gasteiger partial charge in [0.25, 0.3) is 0 Å². The van der Waals surface area contributed by atoms with Crippen LogP contribution in [0.2, 0.25) is 0 Å². The molecule has 0 radical (unpaired) electrons. The lowest BCUT2D eigenvalue weighted by atomic mass is 10.0. The lowest BCUT2D eigenvalue weighted by Gasteiger charge is -2.14. The van der Waals surface area contributed by atoms with Crippen molar-refractivity contribution in [2.75, 3.05) is 19.0 Å². The third-order valence-corrected chi connectivity index (χ3v) is 6.77. The molecule has 0 spiro atoms. The zero-order valence-electron chi connectivity index (χ0n) is 23.7. The van der Waals surface area contributed by atoms with Crippen LogP contribution in [-0.4, -0.2) is 30.0 Å². The van der Waals surface area contributed by atoms with Crippen LogP contribution in [0.15, 0.2) is 48.5 Å². The molecule has 0 amide bonds. The van der Waals surface area contributed by atoms with E-state index >= 15 is 0 Å². The van der Waals surface area contributed by atoms with Crippen LogP contribution in [0.1, 0.15) is 79.0 Å². The minimum Gasteiger partial charge on any atom is -0.495 e. The first-order chi connectivity index (χ1) is 18.3. The van der Waals surface area contributed by atoms with Crippen molar-refractivity contribution in [3.8, 4) is 5.75 Å². The minimum atomic E-state index is -0.182. The molecule has 2 aromatic carbocycles. The van der Waals surface area contributed by atoms with Crippen molar-refractivity contribution >= 4 is 17.4 Å². The number of aromatic nitrogens is 1. The van der Waals surface area contributed by atoms with E-state index in [-0.39, 0.29) is 11.8 Å². The first kappa shape index (κ1) is 29.0. The number of carbonyl (C=O) groups is 2. The fourth-order valence-corrected chi connectivity index (χ4v) is 4.82. The Balaban J connectivity index is 1.76. The highest BCUT2D eigenvalue weighted by Gasteiger charge is 2.20. The molecule has 0 bridgehead atoms. The molecule has 0 saturated heterocycles. The third kappa shape index (κ3) is 7.50. The molecule has 0 fully saturated rings. The summed E-state index contributed by atoms with van der Waals surface area (Å²) in [5, 5.41) is 3.46. The molecule has 1 aromatic heterocycles. The second-order valence-electron chi connectivity index (χ2n) is 10.1. The van der Waals surface area contributed by atoms with Crippen molar-refractivity contribution < 1.29 is 19.1 Å². The number of ketones is 1. The Bertz CT molecular complexity index is 1230. The topological polar surface area (TPSA) is 69.6 Å². The lowest BCUT2D eigenvalue weighted by Crippen LogP contribution is -2.08. The molecule has 0 atom stereocenters. The van der Waals surface area contributed by atoms with Gasteiger partial charge in [0.05, 0.1) is 19.4 Å². The van der Waals surface area contributed by atoms with Crippen LogP contribution in [-0.2, 0) is 42.4 Å². The molecule has 1 N–H and O–H groups in total. The van der Waals surface area contributed by atoms with Gasteiger partial charge in [0.15, 0.2) is 5.78 Å². The monoisotopic (exact) mass is 518 g/mol. The van der Waals surface area contributed by atoms with Crippen LogP contribution in [0.4, 0.5) is 5.69 Å². The zero-order valence-corrected chi connectivity index (χ0v) is 23.7. The maximum absolute atomic E-state index is 13.7. The molecule has 3 rings (SSSR count). The molecular formula is C32H42N2O4. The van der Waals surface area contributed by atoms with Crippen molar-refractivity contribution in [1.82, 2.24) is 4.57 Å². The molecule has 1 heterocycles. The predicted octanol–water partition coefficient (Wildman–Crippen LogP) is 6.52. The number of methoxy groups -OCH3 is 1. The van der Waals surface area contributed by atoms with Gasteiger partial charge in [0.1, 0.15) is 5.75 Å². The van der Waals surface area contributed by atoms with Gasteiger partial charge in [0.2, 0.25) is 0 Å². The second-order valence-corrected chi connectivity index (χ2v) is 10.1. The SMILES string of the molecule is CCOC(=O)CCCc1cc(C(=O)c2ccc(OC)c(NCc3ccc(CC(C)C)cc3)c2)c(CC)n1C. The summed E-state index contributed by atoms with van der Waals surface area (Å²) in [6.45, 7) is 9.34. The van der Waals surface area contributed by atoms with Crippen molar-refractivity contribution in [2.45, 2.75) is 66.3 Å². The number of hydrogen-bond acceptors (Lipinski definition) is 5.